The molecule has 0 aliphatic heterocycles. The Morgan fingerprint density at radius 2 is 1.23 bits per heavy atom. The van der Waals surface area contributed by atoms with Gasteiger partial charge in [-0.1, -0.05) is 65.6 Å². The van der Waals surface area contributed by atoms with E-state index in [1.807, 2.05) is 33.7 Å². The lowest BCUT2D eigenvalue weighted by Crippen LogP contribution is -2.17. The summed E-state index contributed by atoms with van der Waals surface area (Å²) in [5, 5.41) is 2.83. The van der Waals surface area contributed by atoms with Crippen LogP contribution >= 0.6 is 53.4 Å². The van der Waals surface area contributed by atoms with Gasteiger partial charge in [-0.3, -0.25) is 0 Å². The summed E-state index contributed by atoms with van der Waals surface area (Å²) < 4.78 is 11.4. The smallest absolute Gasteiger partial charge is 0.0601 e. The number of halogens is 2. The fourth-order valence-corrected chi connectivity index (χ4v) is 6.06. The Balaban J connectivity index is 3.72. The molecule has 6 heteroatoms. The van der Waals surface area contributed by atoms with Crippen LogP contribution in [0.15, 0.2) is 25.3 Å². The van der Waals surface area contributed by atoms with Gasteiger partial charge in [0, 0.05) is 34.4 Å². The molecule has 0 saturated heterocycles. The van der Waals surface area contributed by atoms with Crippen LogP contribution in [-0.4, -0.2) is 47.6 Å². The van der Waals surface area contributed by atoms with Crippen molar-refractivity contribution in [2.75, 3.05) is 37.1 Å². The van der Waals surface area contributed by atoms with Crippen LogP contribution < -0.4 is 0 Å². The molecule has 0 N–H and O–H groups in total. The van der Waals surface area contributed by atoms with Crippen LogP contribution in [0.4, 0.5) is 0 Å². The number of hydrogen-bond donors (Lipinski definition) is 0. The van der Waals surface area contributed by atoms with Crippen LogP contribution in [0.25, 0.3) is 0 Å². The van der Waals surface area contributed by atoms with Gasteiger partial charge in [-0.25, -0.2) is 0 Å². The highest BCUT2D eigenvalue weighted by molar-refractivity contribution is 9.09. The number of unbranched alkanes of at least 4 members (excludes halogenated alkanes) is 2. The monoisotopic (exact) mass is 474 g/mol. The molecule has 130 valence electrons. The molecule has 0 amide bonds. The zero-order chi connectivity index (χ0) is 16.5. The van der Waals surface area contributed by atoms with Crippen molar-refractivity contribution in [2.24, 2.45) is 0 Å². The first-order valence-corrected chi connectivity index (χ1v) is 12.1. The molecule has 0 radical (unpaired) electrons. The molecule has 0 aromatic rings. The van der Waals surface area contributed by atoms with Gasteiger partial charge >= 0.3 is 0 Å². The Morgan fingerprint density at radius 3 is 1.55 bits per heavy atom. The van der Waals surface area contributed by atoms with Crippen molar-refractivity contribution in [3.63, 3.8) is 0 Å². The first kappa shape index (κ1) is 23.1. The number of hydrogen-bond acceptors (Lipinski definition) is 4. The summed E-state index contributed by atoms with van der Waals surface area (Å²) in [7, 11) is 3.77. The van der Waals surface area contributed by atoms with Gasteiger partial charge in [0.2, 0.25) is 0 Å². The van der Waals surface area contributed by atoms with Crippen molar-refractivity contribution < 1.29 is 9.47 Å². The Bertz CT molecular complexity index is 243. The molecule has 0 saturated carbocycles. The maximum Gasteiger partial charge on any atom is 0.0601 e. The SMILES string of the molecule is C=CCCCOCC(CBr)SSC(CBr)COCCCC=C. The highest BCUT2D eigenvalue weighted by atomic mass is 79.9. The predicted molar refractivity (Wildman–Crippen MR) is 111 cm³/mol. The van der Waals surface area contributed by atoms with Crippen molar-refractivity contribution in [2.45, 2.75) is 36.2 Å². The Labute approximate surface area is 160 Å². The highest BCUT2D eigenvalue weighted by Crippen LogP contribution is 2.33. The van der Waals surface area contributed by atoms with E-state index in [2.05, 4.69) is 45.0 Å². The second-order valence-corrected chi connectivity index (χ2v) is 8.92. The molecule has 0 fully saturated rings. The van der Waals surface area contributed by atoms with E-state index in [0.717, 1.165) is 62.8 Å². The van der Waals surface area contributed by atoms with Crippen LogP contribution in [0, 0.1) is 0 Å². The topological polar surface area (TPSA) is 18.5 Å². The summed E-state index contributed by atoms with van der Waals surface area (Å²) in [6.45, 7) is 10.6. The van der Waals surface area contributed by atoms with Crippen molar-refractivity contribution >= 4 is 53.4 Å². The fourth-order valence-electron chi connectivity index (χ4n) is 1.44. The first-order chi connectivity index (χ1) is 10.8. The standard InChI is InChI=1S/C16H28Br2O2S2/c1-3-5-7-9-19-13-15(11-17)21-22-16(12-18)14-20-10-8-6-4-2/h3-4,15-16H,1-2,5-14H2. The molecule has 2 atom stereocenters. The van der Waals surface area contributed by atoms with Gasteiger partial charge in [0.1, 0.15) is 0 Å². The second-order valence-electron chi connectivity index (χ2n) is 4.76. The maximum atomic E-state index is 5.72. The molecule has 0 aliphatic carbocycles. The average Bonchev–Trinajstić information content (AvgIpc) is 2.55. The largest absolute Gasteiger partial charge is 0.380 e. The first-order valence-electron chi connectivity index (χ1n) is 7.59. The minimum atomic E-state index is 0.469. The molecular weight excluding hydrogens is 448 g/mol. The summed E-state index contributed by atoms with van der Waals surface area (Å²) in [5.41, 5.74) is 0. The van der Waals surface area contributed by atoms with E-state index in [-0.39, 0.29) is 0 Å². The average molecular weight is 476 g/mol. The Morgan fingerprint density at radius 1 is 0.818 bits per heavy atom. The third kappa shape index (κ3) is 14.6. The molecule has 0 bridgehead atoms. The van der Waals surface area contributed by atoms with Crippen molar-refractivity contribution in [3.05, 3.63) is 25.3 Å². The van der Waals surface area contributed by atoms with E-state index in [0.29, 0.717) is 10.5 Å². The zero-order valence-electron chi connectivity index (χ0n) is 13.2. The minimum absolute atomic E-state index is 0.469. The summed E-state index contributed by atoms with van der Waals surface area (Å²) in [4.78, 5) is 0. The van der Waals surface area contributed by atoms with E-state index < -0.39 is 0 Å². The highest BCUT2D eigenvalue weighted by Gasteiger charge is 2.14. The molecule has 0 rings (SSSR count). The normalized spacial score (nSPS) is 13.7. The van der Waals surface area contributed by atoms with E-state index >= 15 is 0 Å². The maximum absolute atomic E-state index is 5.72. The summed E-state index contributed by atoms with van der Waals surface area (Å²) in [6.07, 6.45) is 8.03. The molecule has 0 aromatic carbocycles. The van der Waals surface area contributed by atoms with E-state index in [1.165, 1.54) is 0 Å². The van der Waals surface area contributed by atoms with Gasteiger partial charge in [0.15, 0.2) is 0 Å². The fraction of sp³-hybridized carbons (Fsp3) is 0.750. The molecule has 0 spiro atoms. The van der Waals surface area contributed by atoms with Gasteiger partial charge in [-0.2, -0.15) is 0 Å². The number of allylic oxidation sites excluding steroid dienone is 2. The molecule has 0 heterocycles. The quantitative estimate of drug-likeness (QED) is 0.113. The summed E-state index contributed by atoms with van der Waals surface area (Å²) in [5.74, 6) is 0. The van der Waals surface area contributed by atoms with Crippen LogP contribution in [0.5, 0.6) is 0 Å². The van der Waals surface area contributed by atoms with Crippen molar-refractivity contribution in [3.8, 4) is 0 Å². The van der Waals surface area contributed by atoms with Crippen molar-refractivity contribution in [1.82, 2.24) is 0 Å². The molecule has 22 heavy (non-hydrogen) atoms. The van der Waals surface area contributed by atoms with Gasteiger partial charge in [-0.05, 0) is 25.7 Å². The van der Waals surface area contributed by atoms with Gasteiger partial charge in [0.05, 0.1) is 13.2 Å². The van der Waals surface area contributed by atoms with Crippen LogP contribution in [0.1, 0.15) is 25.7 Å². The number of ether oxygens (including phenoxy) is 2. The van der Waals surface area contributed by atoms with Crippen LogP contribution in [0.2, 0.25) is 0 Å². The van der Waals surface area contributed by atoms with Gasteiger partial charge in [-0.15, -0.1) is 13.2 Å². The van der Waals surface area contributed by atoms with E-state index in [4.69, 9.17) is 9.47 Å². The molecule has 0 aliphatic rings. The van der Waals surface area contributed by atoms with Crippen LogP contribution in [0.3, 0.4) is 0 Å². The molecule has 2 unspecified atom stereocenters. The summed E-state index contributed by atoms with van der Waals surface area (Å²) >= 11 is 7.14. The summed E-state index contributed by atoms with van der Waals surface area (Å²) in [6, 6.07) is 0. The lowest BCUT2D eigenvalue weighted by molar-refractivity contribution is 0.136. The second kappa shape index (κ2) is 18.4. The molecule has 2 nitrogen and oxygen atoms in total. The van der Waals surface area contributed by atoms with Crippen molar-refractivity contribution in [1.29, 1.82) is 0 Å². The minimum Gasteiger partial charge on any atom is -0.380 e. The predicted octanol–water partition coefficient (Wildman–Crippen LogP) is 5.86. The Kier molecular flexibility index (Phi) is 19.3. The van der Waals surface area contributed by atoms with E-state index in [1.54, 1.807) is 0 Å². The van der Waals surface area contributed by atoms with Crippen LogP contribution in [-0.2, 0) is 9.47 Å². The number of alkyl halides is 2. The Hall–Kier alpha value is 1.06. The molecular formula is C16H28Br2O2S2. The zero-order valence-corrected chi connectivity index (χ0v) is 18.0. The third-order valence-corrected chi connectivity index (χ3v) is 8.32. The van der Waals surface area contributed by atoms with Gasteiger partial charge in [0.25, 0.3) is 0 Å². The lowest BCUT2D eigenvalue weighted by atomic mass is 10.3. The number of rotatable bonds is 17. The van der Waals surface area contributed by atoms with Gasteiger partial charge < -0.3 is 9.47 Å². The third-order valence-electron chi connectivity index (χ3n) is 2.67. The molecule has 0 aromatic heterocycles. The van der Waals surface area contributed by atoms with E-state index in [9.17, 15) is 0 Å². The lowest BCUT2D eigenvalue weighted by Gasteiger charge is -2.18.